The van der Waals surface area contributed by atoms with Gasteiger partial charge in [0.25, 0.3) is 0 Å². The van der Waals surface area contributed by atoms with E-state index in [2.05, 4.69) is 10.1 Å². The molecule has 0 spiro atoms. The Morgan fingerprint density at radius 1 is 1.29 bits per heavy atom. The lowest BCUT2D eigenvalue weighted by molar-refractivity contribution is -0.137. The maximum absolute atomic E-state index is 12.5. The fraction of sp³-hybridized carbons (Fsp3) is 0.429. The molecule has 1 saturated heterocycles. The normalized spacial score (nSPS) is 19.5. The van der Waals surface area contributed by atoms with Crippen molar-refractivity contribution in [2.45, 2.75) is 24.7 Å². The quantitative estimate of drug-likeness (QED) is 0.793. The first-order valence-electron chi connectivity index (χ1n) is 6.69. The van der Waals surface area contributed by atoms with E-state index in [0.717, 1.165) is 24.3 Å². The lowest BCUT2D eigenvalue weighted by atomic mass is 9.91. The molecule has 6 nitrogen and oxygen atoms in total. The van der Waals surface area contributed by atoms with E-state index in [1.54, 1.807) is 0 Å². The smallest absolute Gasteiger partial charge is 0.430 e. The Labute approximate surface area is 141 Å². The van der Waals surface area contributed by atoms with Crippen molar-refractivity contribution in [3.8, 4) is 0 Å². The highest BCUT2D eigenvalue weighted by atomic mass is 35.5. The highest BCUT2D eigenvalue weighted by Crippen LogP contribution is 2.30. The number of hydrogen-bond donors (Lipinski definition) is 2. The predicted octanol–water partition coefficient (Wildman–Crippen LogP) is 1.95. The minimum Gasteiger partial charge on any atom is -0.430 e. The molecule has 1 aromatic rings. The van der Waals surface area contributed by atoms with E-state index in [0.29, 0.717) is 0 Å². The second-order valence-corrected chi connectivity index (χ2v) is 5.29. The number of cyclic esters (lactones) is 2. The minimum atomic E-state index is -4.46. The summed E-state index contributed by atoms with van der Waals surface area (Å²) >= 11 is 0. The maximum Gasteiger partial charge on any atom is 0.508 e. The summed E-state index contributed by atoms with van der Waals surface area (Å²) in [6.07, 6.45) is -5.89. The number of rotatable bonds is 4. The average Bonchev–Trinajstić information content (AvgIpc) is 2.89. The molecule has 10 heteroatoms. The van der Waals surface area contributed by atoms with Gasteiger partial charge >= 0.3 is 12.3 Å². The van der Waals surface area contributed by atoms with Gasteiger partial charge in [0.05, 0.1) is 12.1 Å². The number of halogens is 4. The summed E-state index contributed by atoms with van der Waals surface area (Å²) in [5, 5.41) is 2.49. The van der Waals surface area contributed by atoms with Crippen LogP contribution in [-0.4, -0.2) is 31.3 Å². The van der Waals surface area contributed by atoms with Crippen LogP contribution >= 0.6 is 12.4 Å². The zero-order valence-corrected chi connectivity index (χ0v) is 13.4. The largest absolute Gasteiger partial charge is 0.508 e. The highest BCUT2D eigenvalue weighted by Gasteiger charge is 2.34. The number of amides is 1. The molecule has 2 rings (SSSR count). The first-order valence-corrected chi connectivity index (χ1v) is 6.69. The molecule has 1 heterocycles. The van der Waals surface area contributed by atoms with E-state index in [4.69, 9.17) is 10.5 Å². The van der Waals surface area contributed by atoms with Crippen molar-refractivity contribution in [1.29, 1.82) is 0 Å². The van der Waals surface area contributed by atoms with E-state index in [1.807, 2.05) is 0 Å². The molecule has 1 unspecified atom stereocenters. The molecule has 1 fully saturated rings. The van der Waals surface area contributed by atoms with E-state index < -0.39 is 35.4 Å². The van der Waals surface area contributed by atoms with Crippen LogP contribution in [-0.2, 0) is 26.0 Å². The molecule has 2 atom stereocenters. The van der Waals surface area contributed by atoms with Gasteiger partial charge in [-0.2, -0.15) is 13.2 Å². The van der Waals surface area contributed by atoms with Crippen LogP contribution in [0.15, 0.2) is 24.3 Å². The van der Waals surface area contributed by atoms with Gasteiger partial charge in [-0.1, -0.05) is 12.1 Å². The van der Waals surface area contributed by atoms with E-state index in [1.165, 1.54) is 6.92 Å². The predicted molar refractivity (Wildman–Crippen MR) is 79.5 cm³/mol. The topological polar surface area (TPSA) is 90.7 Å². The number of carbonyl (C=O) groups is 2. The van der Waals surface area contributed by atoms with Crippen molar-refractivity contribution in [2.24, 2.45) is 5.73 Å². The molecular formula is C14H16ClF3N2O4. The lowest BCUT2D eigenvalue weighted by Gasteiger charge is -2.25. The first kappa shape index (κ1) is 20.0. The van der Waals surface area contributed by atoms with Crippen molar-refractivity contribution in [2.75, 3.05) is 13.2 Å². The maximum atomic E-state index is 12.5. The molecule has 3 N–H and O–H groups in total. The third-order valence-corrected chi connectivity index (χ3v) is 3.42. The molecule has 0 bridgehead atoms. The Kier molecular flexibility index (Phi) is 6.07. The van der Waals surface area contributed by atoms with E-state index >= 15 is 0 Å². The first-order chi connectivity index (χ1) is 10.6. The Morgan fingerprint density at radius 2 is 1.83 bits per heavy atom. The van der Waals surface area contributed by atoms with Gasteiger partial charge in [0.15, 0.2) is 6.10 Å². The van der Waals surface area contributed by atoms with E-state index in [9.17, 15) is 22.8 Å². The van der Waals surface area contributed by atoms with Gasteiger partial charge in [-0.15, -0.1) is 12.4 Å². The van der Waals surface area contributed by atoms with Crippen molar-refractivity contribution in [1.82, 2.24) is 5.32 Å². The third-order valence-electron chi connectivity index (χ3n) is 3.42. The van der Waals surface area contributed by atoms with Crippen LogP contribution in [0.1, 0.15) is 18.1 Å². The number of alkyl halides is 3. The van der Waals surface area contributed by atoms with Crippen LogP contribution in [0.2, 0.25) is 0 Å². The Bertz CT molecular complexity index is 605. The van der Waals surface area contributed by atoms with Crippen molar-refractivity contribution in [3.05, 3.63) is 35.4 Å². The molecule has 24 heavy (non-hydrogen) atoms. The van der Waals surface area contributed by atoms with Gasteiger partial charge in [0.1, 0.15) is 12.1 Å². The highest BCUT2D eigenvalue weighted by molar-refractivity contribution is 5.87. The molecule has 1 aliphatic heterocycles. The van der Waals surface area contributed by atoms with Crippen LogP contribution in [0.4, 0.5) is 18.0 Å². The summed E-state index contributed by atoms with van der Waals surface area (Å²) in [4.78, 5) is 22.9. The van der Waals surface area contributed by atoms with Crippen LogP contribution in [0.25, 0.3) is 0 Å². The molecule has 1 aromatic carbocycles. The number of nitrogens with two attached hydrogens (primary N) is 1. The fourth-order valence-corrected chi connectivity index (χ4v) is 1.99. The monoisotopic (exact) mass is 368 g/mol. The Balaban J connectivity index is 0.00000288. The zero-order valence-electron chi connectivity index (χ0n) is 12.6. The molecule has 0 aromatic heterocycles. The van der Waals surface area contributed by atoms with Crippen LogP contribution in [0.5, 0.6) is 0 Å². The van der Waals surface area contributed by atoms with E-state index in [-0.39, 0.29) is 31.1 Å². The standard InChI is InChI=1S/C14H15F3N2O4.ClH/c1-13(18,8-2-4-9(5-3-8)14(15,16)17)11(20)19-6-10-7-22-12(21)23-10;/h2-5,10H,6-7,18H2,1H3,(H,19,20);1H/t10-,13?;/m1./s1. The number of ether oxygens (including phenoxy) is 2. The van der Waals surface area contributed by atoms with Crippen LogP contribution < -0.4 is 11.1 Å². The second kappa shape index (κ2) is 7.27. The van der Waals surface area contributed by atoms with Crippen molar-refractivity contribution >= 4 is 24.5 Å². The molecule has 134 valence electrons. The average molecular weight is 369 g/mol. The van der Waals surface area contributed by atoms with Gasteiger partial charge in [-0.05, 0) is 24.6 Å². The van der Waals surface area contributed by atoms with Gasteiger partial charge in [0.2, 0.25) is 5.91 Å². The molecule has 0 radical (unpaired) electrons. The van der Waals surface area contributed by atoms with Gasteiger partial charge in [-0.3, -0.25) is 4.79 Å². The van der Waals surface area contributed by atoms with Crippen molar-refractivity contribution < 1.29 is 32.2 Å². The molecule has 1 aliphatic rings. The van der Waals surface area contributed by atoms with Crippen LogP contribution in [0, 0.1) is 0 Å². The van der Waals surface area contributed by atoms with Crippen molar-refractivity contribution in [3.63, 3.8) is 0 Å². The summed E-state index contributed by atoms with van der Waals surface area (Å²) in [7, 11) is 0. The number of carbonyl (C=O) groups excluding carboxylic acids is 2. The number of hydrogen-bond acceptors (Lipinski definition) is 5. The minimum absolute atomic E-state index is 0. The molecular weight excluding hydrogens is 353 g/mol. The summed E-state index contributed by atoms with van der Waals surface area (Å²) < 4.78 is 46.9. The molecule has 1 amide bonds. The number of nitrogens with one attached hydrogen (secondary N) is 1. The fourth-order valence-electron chi connectivity index (χ4n) is 1.99. The van der Waals surface area contributed by atoms with Gasteiger partial charge in [-0.25, -0.2) is 4.79 Å². The summed E-state index contributed by atoms with van der Waals surface area (Å²) in [6, 6.07) is 4.03. The second-order valence-electron chi connectivity index (χ2n) is 5.29. The van der Waals surface area contributed by atoms with Gasteiger partial charge in [0, 0.05) is 0 Å². The van der Waals surface area contributed by atoms with Crippen LogP contribution in [0.3, 0.4) is 0 Å². The lowest BCUT2D eigenvalue weighted by Crippen LogP contribution is -2.50. The van der Waals surface area contributed by atoms with Gasteiger partial charge < -0.3 is 20.5 Å². The summed E-state index contributed by atoms with van der Waals surface area (Å²) in [5.41, 5.74) is 3.78. The summed E-state index contributed by atoms with van der Waals surface area (Å²) in [6.45, 7) is 1.39. The molecule has 0 saturated carbocycles. The third kappa shape index (κ3) is 4.51. The SMILES string of the molecule is CC(N)(C(=O)NC[C@@H]1COC(=O)O1)c1ccc(C(F)(F)F)cc1.Cl. The Morgan fingerprint density at radius 3 is 2.29 bits per heavy atom. The zero-order chi connectivity index (χ0) is 17.3. The summed E-state index contributed by atoms with van der Waals surface area (Å²) in [5.74, 6) is -0.611. The molecule has 0 aliphatic carbocycles. The number of benzene rings is 1. The Hall–Kier alpha value is -2.00.